The van der Waals surface area contributed by atoms with Gasteiger partial charge in [-0.3, -0.25) is 4.79 Å². The van der Waals surface area contributed by atoms with E-state index in [1.807, 2.05) is 45.9 Å². The lowest BCUT2D eigenvalue weighted by molar-refractivity contribution is 0.0497. The molecule has 2 heterocycles. The second kappa shape index (κ2) is 18.2. The number of hydrogen-bond acceptors (Lipinski definition) is 5. The number of nitrogens with zero attached hydrogens (tertiary/aromatic N) is 3. The molecule has 4 aromatic rings. The molecule has 0 aliphatic carbocycles. The van der Waals surface area contributed by atoms with Gasteiger partial charge in [0.15, 0.2) is 11.5 Å². The van der Waals surface area contributed by atoms with E-state index < -0.39 is 5.97 Å². The number of rotatable bonds is 19. The van der Waals surface area contributed by atoms with Gasteiger partial charge in [-0.25, -0.2) is 4.79 Å². The molecular weight excluding hydrogens is 622 g/mol. The van der Waals surface area contributed by atoms with Crippen molar-refractivity contribution in [2.75, 3.05) is 11.9 Å². The predicted octanol–water partition coefficient (Wildman–Crippen LogP) is 10.9. The summed E-state index contributed by atoms with van der Waals surface area (Å²) in [5, 5.41) is 12.7. The zero-order chi connectivity index (χ0) is 34.5. The van der Waals surface area contributed by atoms with Crippen molar-refractivity contribution < 1.29 is 14.3 Å². The van der Waals surface area contributed by atoms with Gasteiger partial charge in [0.2, 0.25) is 0 Å². The molecule has 0 fully saturated rings. The highest BCUT2D eigenvalue weighted by atomic mass is 35.5. The van der Waals surface area contributed by atoms with Crippen LogP contribution >= 0.6 is 11.6 Å². The van der Waals surface area contributed by atoms with E-state index in [1.54, 1.807) is 24.3 Å². The van der Waals surface area contributed by atoms with Crippen LogP contribution in [0.5, 0.6) is 0 Å². The fraction of sp³-hybridized carbons (Fsp3) is 0.538. The smallest absolute Gasteiger partial charge is 0.338 e. The van der Waals surface area contributed by atoms with E-state index in [0.717, 1.165) is 24.1 Å². The fourth-order valence-corrected chi connectivity index (χ4v) is 6.33. The van der Waals surface area contributed by atoms with Gasteiger partial charge < -0.3 is 15.0 Å². The van der Waals surface area contributed by atoms with E-state index in [4.69, 9.17) is 16.3 Å². The predicted molar refractivity (Wildman–Crippen MR) is 196 cm³/mol. The molecule has 8 nitrogen and oxygen atoms in total. The fourth-order valence-electron chi connectivity index (χ4n) is 5.89. The van der Waals surface area contributed by atoms with Gasteiger partial charge in [-0.15, -0.1) is 9.73 Å². The van der Waals surface area contributed by atoms with Gasteiger partial charge in [-0.1, -0.05) is 140 Å². The Balaban J connectivity index is 1.23. The number of aromatic amines is 1. The van der Waals surface area contributed by atoms with Crippen LogP contribution in [0.25, 0.3) is 17.0 Å². The maximum absolute atomic E-state index is 13.4. The van der Waals surface area contributed by atoms with Gasteiger partial charge in [-0.2, -0.15) is 5.10 Å². The number of carbonyl (C=O) groups excluding carboxylic acids is 2. The normalized spacial score (nSPS) is 11.7. The first-order valence-electron chi connectivity index (χ1n) is 17.9. The maximum Gasteiger partial charge on any atom is 0.338 e. The maximum atomic E-state index is 13.4. The van der Waals surface area contributed by atoms with Crippen LogP contribution < -0.4 is 5.32 Å². The molecule has 0 saturated heterocycles. The molecule has 0 atom stereocenters. The third-order valence-electron chi connectivity index (χ3n) is 8.72. The number of hydrogen-bond donors (Lipinski definition) is 2. The van der Waals surface area contributed by atoms with Crippen molar-refractivity contribution in [1.29, 1.82) is 0 Å². The van der Waals surface area contributed by atoms with Crippen LogP contribution in [0.3, 0.4) is 0 Å². The summed E-state index contributed by atoms with van der Waals surface area (Å²) in [4.78, 5) is 29.4. The topological polar surface area (TPSA) is 101 Å². The summed E-state index contributed by atoms with van der Waals surface area (Å²) in [5.74, 6) is -0.230. The first kappa shape index (κ1) is 37.2. The van der Waals surface area contributed by atoms with Crippen molar-refractivity contribution in [3.8, 4) is 11.4 Å². The third-order valence-corrected chi connectivity index (χ3v) is 9.08. The number of esters is 1. The van der Waals surface area contributed by atoms with Gasteiger partial charge in [0, 0.05) is 16.5 Å². The van der Waals surface area contributed by atoms with Crippen LogP contribution in [0.2, 0.25) is 5.02 Å². The van der Waals surface area contributed by atoms with E-state index in [1.165, 1.54) is 81.7 Å². The average molecular weight is 676 g/mol. The van der Waals surface area contributed by atoms with Crippen LogP contribution in [0.15, 0.2) is 42.5 Å². The van der Waals surface area contributed by atoms with Crippen molar-refractivity contribution in [2.45, 2.75) is 130 Å². The number of amides is 1. The Hall–Kier alpha value is -3.65. The van der Waals surface area contributed by atoms with Gasteiger partial charge in [0.05, 0.1) is 23.6 Å². The molecule has 2 aromatic carbocycles. The molecule has 0 unspecified atom stereocenters. The highest BCUT2D eigenvalue weighted by Crippen LogP contribution is 2.33. The van der Waals surface area contributed by atoms with Crippen LogP contribution in [0, 0.1) is 6.92 Å². The van der Waals surface area contributed by atoms with E-state index in [-0.39, 0.29) is 11.3 Å². The third kappa shape index (κ3) is 10.7. The Labute approximate surface area is 291 Å². The Bertz CT molecular complexity index is 1630. The molecule has 48 heavy (non-hydrogen) atoms. The summed E-state index contributed by atoms with van der Waals surface area (Å²) >= 11 is 6.65. The van der Waals surface area contributed by atoms with E-state index >= 15 is 0 Å². The van der Waals surface area contributed by atoms with Crippen LogP contribution in [0.1, 0.15) is 150 Å². The summed E-state index contributed by atoms with van der Waals surface area (Å²) in [6, 6.07) is 12.3. The van der Waals surface area contributed by atoms with Crippen molar-refractivity contribution in [3.63, 3.8) is 0 Å². The number of unbranched alkanes of at least 4 members (excludes halogenated alkanes) is 13. The van der Waals surface area contributed by atoms with Crippen molar-refractivity contribution >= 4 is 34.8 Å². The summed E-state index contributed by atoms with van der Waals surface area (Å²) in [7, 11) is 0. The number of fused-ring (bicyclic) bond motifs is 1. The lowest BCUT2D eigenvalue weighted by Crippen LogP contribution is -2.14. The minimum atomic E-state index is -0.416. The number of anilines is 1. The van der Waals surface area contributed by atoms with E-state index in [2.05, 4.69) is 27.4 Å². The number of nitrogens with one attached hydrogen (secondary N) is 2. The largest absolute Gasteiger partial charge is 0.462 e. The van der Waals surface area contributed by atoms with Gasteiger partial charge in [-0.05, 0) is 43.7 Å². The number of aromatic nitrogens is 4. The quantitative estimate of drug-likeness (QED) is 0.0760. The van der Waals surface area contributed by atoms with Crippen LogP contribution in [0.4, 0.5) is 5.69 Å². The van der Waals surface area contributed by atoms with Gasteiger partial charge >= 0.3 is 5.97 Å². The Kier molecular flexibility index (Phi) is 14.1. The minimum absolute atomic E-state index is 0.235. The number of carbonyl (C=O) groups is 2. The molecule has 260 valence electrons. The number of benzene rings is 2. The Morgan fingerprint density at radius 1 is 0.833 bits per heavy atom. The van der Waals surface area contributed by atoms with Crippen LogP contribution in [-0.2, 0) is 10.2 Å². The number of H-pyrrole nitrogens is 1. The lowest BCUT2D eigenvalue weighted by Gasteiger charge is -2.15. The van der Waals surface area contributed by atoms with Crippen molar-refractivity contribution in [2.24, 2.45) is 0 Å². The molecule has 0 spiro atoms. The molecule has 4 rings (SSSR count). The number of ether oxygens (including phenoxy) is 1. The Morgan fingerprint density at radius 2 is 1.44 bits per heavy atom. The molecular formula is C39H54ClN5O3. The molecule has 0 aliphatic heterocycles. The molecule has 0 saturated carbocycles. The molecule has 0 aliphatic rings. The second-order valence-electron chi connectivity index (χ2n) is 14.0. The van der Waals surface area contributed by atoms with Crippen molar-refractivity contribution in [1.82, 2.24) is 19.8 Å². The summed E-state index contributed by atoms with van der Waals surface area (Å²) in [5.41, 5.74) is 4.10. The molecule has 9 heteroatoms. The monoisotopic (exact) mass is 675 g/mol. The average Bonchev–Trinajstić information content (AvgIpc) is 3.62. The first-order valence-corrected chi connectivity index (χ1v) is 18.3. The second-order valence-corrected chi connectivity index (χ2v) is 14.4. The van der Waals surface area contributed by atoms with E-state index in [9.17, 15) is 9.59 Å². The highest BCUT2D eigenvalue weighted by molar-refractivity contribution is 6.34. The molecule has 1 amide bonds. The van der Waals surface area contributed by atoms with Gasteiger partial charge in [0.1, 0.15) is 5.02 Å². The molecule has 0 bridgehead atoms. The standard InChI is InChI=1S/C39H54ClN5O3/c1-6-7-8-9-10-11-12-13-14-15-16-17-18-19-25-48-38(47)30-22-20-21-29(27-30)37(46)41-32-24-23-28(2)26-31(32)35-42-36-33(40)34(39(3,4)5)43-45(36)44-35/h20-24,26-27H,6-19,25H2,1-5H3,(H,41,46)(H,42,44). The minimum Gasteiger partial charge on any atom is -0.462 e. The summed E-state index contributed by atoms with van der Waals surface area (Å²) in [6.07, 6.45) is 17.9. The van der Waals surface area contributed by atoms with Crippen molar-refractivity contribution in [3.05, 3.63) is 69.9 Å². The highest BCUT2D eigenvalue weighted by Gasteiger charge is 2.26. The van der Waals surface area contributed by atoms with E-state index in [0.29, 0.717) is 45.5 Å². The number of halogens is 1. The summed E-state index contributed by atoms with van der Waals surface area (Å²) < 4.78 is 7.04. The zero-order valence-electron chi connectivity index (χ0n) is 29.6. The lowest BCUT2D eigenvalue weighted by atomic mass is 9.92. The first-order chi connectivity index (χ1) is 23.1. The number of aryl methyl sites for hydroxylation is 1. The van der Waals surface area contributed by atoms with Gasteiger partial charge in [0.25, 0.3) is 5.91 Å². The zero-order valence-corrected chi connectivity index (χ0v) is 30.3. The van der Waals surface area contributed by atoms with Crippen LogP contribution in [-0.4, -0.2) is 38.3 Å². The summed E-state index contributed by atoms with van der Waals surface area (Å²) in [6.45, 7) is 10.8. The Morgan fingerprint density at radius 3 is 2.04 bits per heavy atom. The SMILES string of the molecule is CCCCCCCCCCCCCCCCOC(=O)c1cccc(C(=O)Nc2ccc(C)cc2-c2nn3nc(C(C)(C)C)c(Cl)c3[nH]2)c1. The molecule has 0 radical (unpaired) electrons. The molecule has 2 N–H and O–H groups in total. The molecule has 2 aromatic heterocycles.